The number of likely N-dealkylation sites (tertiary alicyclic amines) is 1. The van der Waals surface area contributed by atoms with Gasteiger partial charge in [0.1, 0.15) is 0 Å². The topological polar surface area (TPSA) is 38.7 Å². The molecule has 0 spiro atoms. The molecule has 1 rings (SSSR count). The van der Waals surface area contributed by atoms with Crippen LogP contribution in [0.1, 0.15) is 19.8 Å². The Bertz CT molecular complexity index is 287. The van der Waals surface area contributed by atoms with Crippen molar-refractivity contribution in [2.24, 2.45) is 0 Å². The molecule has 1 aliphatic rings. The molecule has 1 aliphatic heterocycles. The predicted molar refractivity (Wildman–Crippen MR) is 72.7 cm³/mol. The Hall–Kier alpha value is -0.370. The Labute approximate surface area is 118 Å². The summed E-state index contributed by atoms with van der Waals surface area (Å²) in [5, 5.41) is 13.4. The highest BCUT2D eigenvalue weighted by Gasteiger charge is 2.32. The zero-order valence-corrected chi connectivity index (χ0v) is 12.5. The van der Waals surface area contributed by atoms with Gasteiger partial charge in [-0.25, -0.2) is 0 Å². The zero-order chi connectivity index (χ0) is 15.4. The molecular weight excluding hydrogens is 271 g/mol. The molecule has 0 bridgehead atoms. The zero-order valence-electron chi connectivity index (χ0n) is 12.5. The summed E-state index contributed by atoms with van der Waals surface area (Å²) in [5.74, 6) is 0. The van der Waals surface area contributed by atoms with Crippen LogP contribution in [0.25, 0.3) is 0 Å². The van der Waals surface area contributed by atoms with Crippen molar-refractivity contribution < 1.29 is 18.3 Å². The molecule has 0 aromatic rings. The fourth-order valence-electron chi connectivity index (χ4n) is 2.65. The van der Waals surface area contributed by atoms with Crippen molar-refractivity contribution in [1.29, 1.82) is 0 Å². The molecule has 0 saturated carbocycles. The molecule has 2 N–H and O–H groups in total. The maximum atomic E-state index is 12.3. The van der Waals surface area contributed by atoms with Crippen LogP contribution in [0.4, 0.5) is 13.2 Å². The number of aliphatic hydroxyl groups is 1. The number of nitrogens with zero attached hydrogens (tertiary/aromatic N) is 2. The van der Waals surface area contributed by atoms with Crippen LogP contribution in [0.15, 0.2) is 0 Å². The molecule has 7 heteroatoms. The molecule has 20 heavy (non-hydrogen) atoms. The van der Waals surface area contributed by atoms with Crippen molar-refractivity contribution >= 4 is 0 Å². The van der Waals surface area contributed by atoms with Crippen molar-refractivity contribution in [3.05, 3.63) is 0 Å². The number of alkyl halides is 3. The van der Waals surface area contributed by atoms with E-state index in [1.807, 2.05) is 19.0 Å². The molecule has 1 fully saturated rings. The molecular formula is C13H26F3N3O. The third-order valence-corrected chi connectivity index (χ3v) is 3.42. The van der Waals surface area contributed by atoms with Gasteiger partial charge >= 0.3 is 6.18 Å². The minimum Gasteiger partial charge on any atom is -0.388 e. The minimum atomic E-state index is -4.12. The number of hydrogen-bond acceptors (Lipinski definition) is 4. The quantitative estimate of drug-likeness (QED) is 0.764. The van der Waals surface area contributed by atoms with Gasteiger partial charge in [-0.3, -0.25) is 4.90 Å². The monoisotopic (exact) mass is 297 g/mol. The van der Waals surface area contributed by atoms with Crippen LogP contribution in [0.2, 0.25) is 0 Å². The minimum absolute atomic E-state index is 0.188. The second-order valence-corrected chi connectivity index (χ2v) is 6.28. The van der Waals surface area contributed by atoms with E-state index >= 15 is 0 Å². The van der Waals surface area contributed by atoms with E-state index < -0.39 is 18.3 Å². The van der Waals surface area contributed by atoms with Crippen molar-refractivity contribution in [1.82, 2.24) is 15.1 Å². The summed E-state index contributed by atoms with van der Waals surface area (Å²) in [6.07, 6.45) is -2.74. The predicted octanol–water partition coefficient (Wildman–Crippen LogP) is 0.915. The first-order valence-corrected chi connectivity index (χ1v) is 6.97. The smallest absolute Gasteiger partial charge is 0.388 e. The lowest BCUT2D eigenvalue weighted by Gasteiger charge is -2.35. The summed E-state index contributed by atoms with van der Waals surface area (Å²) >= 11 is 0. The summed E-state index contributed by atoms with van der Waals surface area (Å²) < 4.78 is 36.8. The van der Waals surface area contributed by atoms with E-state index in [1.165, 1.54) is 4.90 Å². The summed E-state index contributed by atoms with van der Waals surface area (Å²) in [4.78, 5) is 3.35. The van der Waals surface area contributed by atoms with Crippen molar-refractivity contribution in [3.63, 3.8) is 0 Å². The molecule has 1 atom stereocenters. The molecule has 1 heterocycles. The number of likely N-dealkylation sites (N-methyl/N-ethyl adjacent to an activating group) is 1. The summed E-state index contributed by atoms with van der Waals surface area (Å²) in [7, 11) is 3.79. The number of halogens is 3. The van der Waals surface area contributed by atoms with E-state index in [-0.39, 0.29) is 6.04 Å². The van der Waals surface area contributed by atoms with Crippen LogP contribution < -0.4 is 5.32 Å². The Morgan fingerprint density at radius 3 is 2.25 bits per heavy atom. The highest BCUT2D eigenvalue weighted by Crippen LogP contribution is 2.20. The van der Waals surface area contributed by atoms with Gasteiger partial charge in [0.2, 0.25) is 0 Å². The molecule has 0 aromatic heterocycles. The van der Waals surface area contributed by atoms with Gasteiger partial charge in [-0.05, 0) is 47.0 Å². The van der Waals surface area contributed by atoms with Gasteiger partial charge in [0.05, 0.1) is 12.1 Å². The lowest BCUT2D eigenvalue weighted by molar-refractivity contribution is -0.148. The number of rotatable bonds is 6. The number of hydrogen-bond donors (Lipinski definition) is 2. The van der Waals surface area contributed by atoms with Crippen LogP contribution in [-0.2, 0) is 0 Å². The van der Waals surface area contributed by atoms with E-state index in [2.05, 4.69) is 5.32 Å². The number of piperidine rings is 1. The van der Waals surface area contributed by atoms with E-state index in [4.69, 9.17) is 0 Å². The van der Waals surface area contributed by atoms with Crippen LogP contribution in [0, 0.1) is 0 Å². The average Bonchev–Trinajstić information content (AvgIpc) is 2.24. The molecule has 0 radical (unpaired) electrons. The highest BCUT2D eigenvalue weighted by atomic mass is 19.4. The van der Waals surface area contributed by atoms with E-state index in [9.17, 15) is 18.3 Å². The van der Waals surface area contributed by atoms with Crippen molar-refractivity contribution in [2.75, 3.05) is 46.8 Å². The van der Waals surface area contributed by atoms with Gasteiger partial charge in [0.15, 0.2) is 0 Å². The first-order chi connectivity index (χ1) is 9.07. The summed E-state index contributed by atoms with van der Waals surface area (Å²) in [5.41, 5.74) is -0.827. The first-order valence-electron chi connectivity index (χ1n) is 6.97. The molecule has 1 unspecified atom stereocenters. The van der Waals surface area contributed by atoms with Gasteiger partial charge in [-0.15, -0.1) is 0 Å². The molecule has 4 nitrogen and oxygen atoms in total. The second-order valence-electron chi connectivity index (χ2n) is 6.28. The molecule has 0 aromatic carbocycles. The molecule has 0 aliphatic carbocycles. The van der Waals surface area contributed by atoms with E-state index in [1.54, 1.807) is 6.92 Å². The largest absolute Gasteiger partial charge is 0.401 e. The van der Waals surface area contributed by atoms with Gasteiger partial charge < -0.3 is 15.3 Å². The molecule has 0 amide bonds. The van der Waals surface area contributed by atoms with Gasteiger partial charge in [-0.1, -0.05) is 0 Å². The SMILES string of the molecule is CN(C)CC(C)(O)CNC1CCN(CC(F)(F)F)CC1. The normalized spacial score (nSPS) is 22.2. The molecule has 1 saturated heterocycles. The van der Waals surface area contributed by atoms with Gasteiger partial charge in [0, 0.05) is 19.1 Å². The van der Waals surface area contributed by atoms with Crippen molar-refractivity contribution in [2.45, 2.75) is 37.6 Å². The van der Waals surface area contributed by atoms with Crippen molar-refractivity contribution in [3.8, 4) is 0 Å². The highest BCUT2D eigenvalue weighted by molar-refractivity contribution is 4.84. The average molecular weight is 297 g/mol. The fraction of sp³-hybridized carbons (Fsp3) is 1.00. The lowest BCUT2D eigenvalue weighted by Crippen LogP contribution is -2.51. The van der Waals surface area contributed by atoms with Crippen LogP contribution >= 0.6 is 0 Å². The van der Waals surface area contributed by atoms with E-state index in [0.717, 1.165) is 0 Å². The van der Waals surface area contributed by atoms with Crippen LogP contribution in [0.5, 0.6) is 0 Å². The second kappa shape index (κ2) is 7.06. The van der Waals surface area contributed by atoms with Crippen LogP contribution in [0.3, 0.4) is 0 Å². The standard InChI is InChI=1S/C13H26F3N3O/c1-12(20,9-18(2)3)8-17-11-4-6-19(7-5-11)10-13(14,15)16/h11,17,20H,4-10H2,1-3H3. The fourth-order valence-corrected chi connectivity index (χ4v) is 2.65. The van der Waals surface area contributed by atoms with Gasteiger partial charge in [0.25, 0.3) is 0 Å². The summed E-state index contributed by atoms with van der Waals surface area (Å²) in [6.45, 7) is 2.85. The Morgan fingerprint density at radius 2 is 1.80 bits per heavy atom. The third-order valence-electron chi connectivity index (χ3n) is 3.42. The summed E-state index contributed by atoms with van der Waals surface area (Å²) in [6, 6.07) is 0.188. The van der Waals surface area contributed by atoms with Gasteiger partial charge in [-0.2, -0.15) is 13.2 Å². The number of nitrogens with one attached hydrogen (secondary N) is 1. The molecule has 120 valence electrons. The van der Waals surface area contributed by atoms with E-state index in [0.29, 0.717) is 39.0 Å². The Balaban J connectivity index is 2.26. The van der Waals surface area contributed by atoms with Crippen LogP contribution in [-0.4, -0.2) is 79.5 Å². The third kappa shape index (κ3) is 7.42. The maximum Gasteiger partial charge on any atom is 0.401 e. The maximum absolute atomic E-state index is 12.3. The lowest BCUT2D eigenvalue weighted by atomic mass is 10.0. The Morgan fingerprint density at radius 1 is 1.25 bits per heavy atom. The Kier molecular flexibility index (Phi) is 6.25. The first kappa shape index (κ1) is 17.7.